The van der Waals surface area contributed by atoms with Gasteiger partial charge in [-0.15, -0.1) is 0 Å². The van der Waals surface area contributed by atoms with Gasteiger partial charge in [0.15, 0.2) is 0 Å². The quantitative estimate of drug-likeness (QED) is 0.584. The van der Waals surface area contributed by atoms with Crippen molar-refractivity contribution in [2.24, 2.45) is 5.92 Å². The van der Waals surface area contributed by atoms with Crippen LogP contribution < -0.4 is 10.6 Å². The van der Waals surface area contributed by atoms with Crippen LogP contribution in [0.5, 0.6) is 0 Å². The van der Waals surface area contributed by atoms with E-state index in [1.54, 1.807) is 7.11 Å². The molecule has 1 rings (SSSR count). The van der Waals surface area contributed by atoms with E-state index in [0.29, 0.717) is 19.1 Å². The Balaban J connectivity index is 2.04. The summed E-state index contributed by atoms with van der Waals surface area (Å²) in [4.78, 5) is 11.5. The van der Waals surface area contributed by atoms with Crippen molar-refractivity contribution in [2.45, 2.75) is 38.3 Å². The van der Waals surface area contributed by atoms with E-state index in [9.17, 15) is 9.90 Å². The van der Waals surface area contributed by atoms with Crippen molar-refractivity contribution in [2.75, 3.05) is 26.8 Å². The Bertz CT molecular complexity index is 236. The predicted octanol–water partition coefficient (Wildman–Crippen LogP) is -0.112. The minimum absolute atomic E-state index is 0.00639. The molecule has 0 aromatic heterocycles. The summed E-state index contributed by atoms with van der Waals surface area (Å²) in [5.41, 5.74) is 0. The van der Waals surface area contributed by atoms with Crippen molar-refractivity contribution in [3.63, 3.8) is 0 Å². The molecule has 17 heavy (non-hydrogen) atoms. The number of aliphatic hydroxyl groups excluding tert-OH is 1. The van der Waals surface area contributed by atoms with Gasteiger partial charge in [0.1, 0.15) is 0 Å². The Morgan fingerprint density at radius 3 is 2.88 bits per heavy atom. The van der Waals surface area contributed by atoms with E-state index >= 15 is 0 Å². The first-order chi connectivity index (χ1) is 8.11. The van der Waals surface area contributed by atoms with Crippen molar-refractivity contribution in [3.05, 3.63) is 0 Å². The lowest BCUT2D eigenvalue weighted by atomic mass is 10.1. The molecular weight excluding hydrogens is 220 g/mol. The summed E-state index contributed by atoms with van der Waals surface area (Å²) in [5.74, 6) is 0.502. The van der Waals surface area contributed by atoms with Gasteiger partial charge >= 0.3 is 0 Å². The molecular formula is C12H24N2O3. The molecule has 1 aliphatic rings. The number of aliphatic hydroxyl groups is 1. The highest BCUT2D eigenvalue weighted by Gasteiger charge is 2.22. The van der Waals surface area contributed by atoms with Crippen LogP contribution in [-0.4, -0.2) is 50.0 Å². The van der Waals surface area contributed by atoms with E-state index < -0.39 is 0 Å². The fourth-order valence-electron chi connectivity index (χ4n) is 2.24. The van der Waals surface area contributed by atoms with Crippen LogP contribution in [0.15, 0.2) is 0 Å². The van der Waals surface area contributed by atoms with Gasteiger partial charge in [-0.1, -0.05) is 0 Å². The Labute approximate surface area is 103 Å². The highest BCUT2D eigenvalue weighted by Crippen LogP contribution is 2.24. The lowest BCUT2D eigenvalue weighted by molar-refractivity contribution is -0.121. The largest absolute Gasteiger partial charge is 0.393 e. The number of nitrogens with one attached hydrogen (secondary N) is 2. The van der Waals surface area contributed by atoms with Crippen molar-refractivity contribution in [1.82, 2.24) is 10.6 Å². The second kappa shape index (κ2) is 7.63. The van der Waals surface area contributed by atoms with Crippen LogP contribution >= 0.6 is 0 Å². The first kappa shape index (κ1) is 14.4. The molecule has 5 nitrogen and oxygen atoms in total. The third-order valence-corrected chi connectivity index (χ3v) is 3.06. The molecule has 0 saturated heterocycles. The third kappa shape index (κ3) is 6.00. The molecule has 5 heteroatoms. The summed E-state index contributed by atoms with van der Waals surface area (Å²) in [5, 5.41) is 15.3. The van der Waals surface area contributed by atoms with E-state index in [0.717, 1.165) is 25.8 Å². The third-order valence-electron chi connectivity index (χ3n) is 3.06. The maximum atomic E-state index is 11.5. The number of amides is 1. The Kier molecular flexibility index (Phi) is 6.47. The van der Waals surface area contributed by atoms with Gasteiger partial charge in [0.25, 0.3) is 0 Å². The molecule has 3 N–H and O–H groups in total. The van der Waals surface area contributed by atoms with Crippen molar-refractivity contribution in [1.29, 1.82) is 0 Å². The molecule has 0 aromatic carbocycles. The summed E-state index contributed by atoms with van der Waals surface area (Å²) in [6, 6.07) is 0.0441. The first-order valence-corrected chi connectivity index (χ1v) is 6.29. The number of rotatable bonds is 7. The molecule has 3 atom stereocenters. The number of carbonyl (C=O) groups excluding carboxylic acids is 1. The van der Waals surface area contributed by atoms with E-state index in [2.05, 4.69) is 10.6 Å². The van der Waals surface area contributed by atoms with Crippen molar-refractivity contribution >= 4 is 5.91 Å². The predicted molar refractivity (Wildman–Crippen MR) is 65.7 cm³/mol. The normalized spacial score (nSPS) is 25.8. The second-order valence-corrected chi connectivity index (χ2v) is 4.89. The molecule has 1 fully saturated rings. The number of ether oxygens (including phenoxy) is 1. The standard InChI is InChI=1S/C12H24N2O3/c1-9(8-17-2)14-12(16)7-13-6-10-3-4-11(15)5-10/h9-11,13,15H,3-8H2,1-2H3,(H,14,16). The van der Waals surface area contributed by atoms with Gasteiger partial charge in [-0.05, 0) is 38.6 Å². The molecule has 0 spiro atoms. The van der Waals surface area contributed by atoms with Crippen LogP contribution in [0.4, 0.5) is 0 Å². The average Bonchev–Trinajstić information content (AvgIpc) is 2.64. The molecule has 0 aliphatic heterocycles. The van der Waals surface area contributed by atoms with Crippen LogP contribution in [-0.2, 0) is 9.53 Å². The van der Waals surface area contributed by atoms with Gasteiger partial charge in [-0.25, -0.2) is 0 Å². The molecule has 3 unspecified atom stereocenters. The molecule has 0 heterocycles. The SMILES string of the molecule is COCC(C)NC(=O)CNCC1CCC(O)C1. The Morgan fingerprint density at radius 2 is 2.29 bits per heavy atom. The highest BCUT2D eigenvalue weighted by atomic mass is 16.5. The van der Waals surface area contributed by atoms with Gasteiger partial charge in [0.2, 0.25) is 5.91 Å². The summed E-state index contributed by atoms with van der Waals surface area (Å²) >= 11 is 0. The number of methoxy groups -OCH3 is 1. The number of hydrogen-bond acceptors (Lipinski definition) is 4. The molecule has 1 saturated carbocycles. The fraction of sp³-hybridized carbons (Fsp3) is 0.917. The van der Waals surface area contributed by atoms with E-state index in [1.165, 1.54) is 0 Å². The van der Waals surface area contributed by atoms with Crippen LogP contribution in [0.2, 0.25) is 0 Å². The fourth-order valence-corrected chi connectivity index (χ4v) is 2.24. The van der Waals surface area contributed by atoms with E-state index in [1.807, 2.05) is 6.92 Å². The Hall–Kier alpha value is -0.650. The topological polar surface area (TPSA) is 70.6 Å². The van der Waals surface area contributed by atoms with Gasteiger partial charge < -0.3 is 20.5 Å². The zero-order valence-corrected chi connectivity index (χ0v) is 10.7. The lowest BCUT2D eigenvalue weighted by Crippen LogP contribution is -2.41. The molecule has 1 aliphatic carbocycles. The van der Waals surface area contributed by atoms with Gasteiger partial charge in [-0.3, -0.25) is 4.79 Å². The smallest absolute Gasteiger partial charge is 0.234 e. The molecule has 1 amide bonds. The Morgan fingerprint density at radius 1 is 1.53 bits per heavy atom. The zero-order chi connectivity index (χ0) is 12.7. The van der Waals surface area contributed by atoms with Crippen LogP contribution in [0.25, 0.3) is 0 Å². The molecule has 0 aromatic rings. The van der Waals surface area contributed by atoms with Gasteiger partial charge in [-0.2, -0.15) is 0 Å². The average molecular weight is 244 g/mol. The summed E-state index contributed by atoms with van der Waals surface area (Å²) in [7, 11) is 1.62. The van der Waals surface area contributed by atoms with Crippen LogP contribution in [0.3, 0.4) is 0 Å². The zero-order valence-electron chi connectivity index (χ0n) is 10.7. The maximum Gasteiger partial charge on any atom is 0.234 e. The molecule has 100 valence electrons. The van der Waals surface area contributed by atoms with Gasteiger partial charge in [0.05, 0.1) is 19.3 Å². The molecule has 0 bridgehead atoms. The highest BCUT2D eigenvalue weighted by molar-refractivity contribution is 5.78. The van der Waals surface area contributed by atoms with E-state index in [4.69, 9.17) is 4.74 Å². The first-order valence-electron chi connectivity index (χ1n) is 6.29. The maximum absolute atomic E-state index is 11.5. The van der Waals surface area contributed by atoms with Crippen LogP contribution in [0, 0.1) is 5.92 Å². The van der Waals surface area contributed by atoms with Crippen molar-refractivity contribution in [3.8, 4) is 0 Å². The number of carbonyl (C=O) groups is 1. The summed E-state index contributed by atoms with van der Waals surface area (Å²) < 4.78 is 4.94. The molecule has 0 radical (unpaired) electrons. The summed E-state index contributed by atoms with van der Waals surface area (Å²) in [6.45, 7) is 3.58. The second-order valence-electron chi connectivity index (χ2n) is 4.89. The van der Waals surface area contributed by atoms with Crippen LogP contribution in [0.1, 0.15) is 26.2 Å². The van der Waals surface area contributed by atoms with E-state index in [-0.39, 0.29) is 18.1 Å². The number of hydrogen-bond donors (Lipinski definition) is 3. The van der Waals surface area contributed by atoms with Gasteiger partial charge in [0, 0.05) is 13.2 Å². The minimum Gasteiger partial charge on any atom is -0.393 e. The summed E-state index contributed by atoms with van der Waals surface area (Å²) in [6.07, 6.45) is 2.66. The lowest BCUT2D eigenvalue weighted by Gasteiger charge is -2.14. The minimum atomic E-state index is -0.141. The van der Waals surface area contributed by atoms with Crippen molar-refractivity contribution < 1.29 is 14.6 Å². The monoisotopic (exact) mass is 244 g/mol.